The standard InChI is InChI=1S/C20H34N4OS.HI/c1-3-21-20(23(2)13-18-8-10-25-16-18)22-12-17-6-4-9-24(14-17)15-19-7-5-11-26-19;/h5,7,11,17-18H,3-4,6,8-10,12-16H2,1-2H3,(H,21,22);1H. The first-order chi connectivity index (χ1) is 12.7. The predicted octanol–water partition coefficient (Wildman–Crippen LogP) is 3.51. The van der Waals surface area contributed by atoms with E-state index in [4.69, 9.17) is 9.73 Å². The van der Waals surface area contributed by atoms with Crippen LogP contribution in [0.1, 0.15) is 31.1 Å². The number of rotatable bonds is 7. The fourth-order valence-electron chi connectivity index (χ4n) is 3.95. The predicted molar refractivity (Wildman–Crippen MR) is 125 cm³/mol. The SMILES string of the molecule is CCNC(=NCC1CCCN(Cc2cccs2)C1)N(C)CC1CCOC1.I. The Morgan fingerprint density at radius 1 is 1.41 bits per heavy atom. The van der Waals surface area contributed by atoms with Crippen molar-refractivity contribution in [3.8, 4) is 0 Å². The van der Waals surface area contributed by atoms with Crippen molar-refractivity contribution < 1.29 is 4.74 Å². The molecular weight excluding hydrogens is 471 g/mol. The highest BCUT2D eigenvalue weighted by atomic mass is 127. The summed E-state index contributed by atoms with van der Waals surface area (Å²) in [5.74, 6) is 2.36. The van der Waals surface area contributed by atoms with E-state index in [1.165, 1.54) is 37.2 Å². The molecule has 0 aliphatic carbocycles. The van der Waals surface area contributed by atoms with Gasteiger partial charge in [-0.25, -0.2) is 0 Å². The average Bonchev–Trinajstić information content (AvgIpc) is 3.33. The van der Waals surface area contributed by atoms with Crippen molar-refractivity contribution in [2.75, 3.05) is 53.0 Å². The van der Waals surface area contributed by atoms with Crippen LogP contribution in [-0.2, 0) is 11.3 Å². The molecule has 3 rings (SSSR count). The monoisotopic (exact) mass is 506 g/mol. The summed E-state index contributed by atoms with van der Waals surface area (Å²) in [4.78, 5) is 11.3. The summed E-state index contributed by atoms with van der Waals surface area (Å²) in [6.45, 7) is 10.3. The number of hydrogen-bond donors (Lipinski definition) is 1. The molecule has 0 amide bonds. The maximum atomic E-state index is 5.52. The zero-order valence-electron chi connectivity index (χ0n) is 16.7. The van der Waals surface area contributed by atoms with E-state index in [1.807, 2.05) is 11.3 Å². The third-order valence-electron chi connectivity index (χ3n) is 5.31. The number of thiophene rings is 1. The molecule has 2 aliphatic rings. The molecule has 1 aromatic rings. The van der Waals surface area contributed by atoms with Crippen molar-refractivity contribution in [2.45, 2.75) is 32.7 Å². The summed E-state index contributed by atoms with van der Waals surface area (Å²) in [7, 11) is 2.16. The lowest BCUT2D eigenvalue weighted by Crippen LogP contribution is -2.42. The zero-order valence-corrected chi connectivity index (χ0v) is 19.9. The molecule has 2 unspecified atom stereocenters. The normalized spacial score (nSPS) is 23.9. The van der Waals surface area contributed by atoms with Gasteiger partial charge in [-0.05, 0) is 50.1 Å². The van der Waals surface area contributed by atoms with Gasteiger partial charge in [-0.3, -0.25) is 9.89 Å². The highest BCUT2D eigenvalue weighted by Gasteiger charge is 2.22. The Morgan fingerprint density at radius 2 is 2.30 bits per heavy atom. The number of nitrogens with zero attached hydrogens (tertiary/aromatic N) is 3. The van der Waals surface area contributed by atoms with E-state index in [0.717, 1.165) is 45.4 Å². The Hall–Kier alpha value is -0.380. The van der Waals surface area contributed by atoms with Crippen LogP contribution in [-0.4, -0.2) is 68.7 Å². The van der Waals surface area contributed by atoms with E-state index in [2.05, 4.69) is 46.6 Å². The van der Waals surface area contributed by atoms with Crippen LogP contribution in [0.3, 0.4) is 0 Å². The quantitative estimate of drug-likeness (QED) is 0.349. The van der Waals surface area contributed by atoms with Crippen molar-refractivity contribution in [3.63, 3.8) is 0 Å². The minimum Gasteiger partial charge on any atom is -0.381 e. The van der Waals surface area contributed by atoms with Crippen LogP contribution in [0.15, 0.2) is 22.5 Å². The molecule has 0 radical (unpaired) electrons. The molecule has 0 aromatic carbocycles. The van der Waals surface area contributed by atoms with Gasteiger partial charge in [0.25, 0.3) is 0 Å². The molecular formula is C20H35IN4OS. The molecule has 2 aliphatic heterocycles. The number of nitrogens with one attached hydrogen (secondary N) is 1. The molecule has 3 heterocycles. The maximum absolute atomic E-state index is 5.52. The number of aliphatic imine (C=N–C) groups is 1. The Bertz CT molecular complexity index is 548. The topological polar surface area (TPSA) is 40.1 Å². The second kappa shape index (κ2) is 12.2. The van der Waals surface area contributed by atoms with Crippen molar-refractivity contribution >= 4 is 41.3 Å². The largest absolute Gasteiger partial charge is 0.381 e. The minimum absolute atomic E-state index is 0. The van der Waals surface area contributed by atoms with Crippen molar-refractivity contribution in [1.29, 1.82) is 0 Å². The smallest absolute Gasteiger partial charge is 0.193 e. The Labute approximate surface area is 185 Å². The van der Waals surface area contributed by atoms with Crippen molar-refractivity contribution in [2.24, 2.45) is 16.8 Å². The molecule has 0 bridgehead atoms. The first kappa shape index (κ1) is 22.9. The van der Waals surface area contributed by atoms with Gasteiger partial charge in [-0.2, -0.15) is 0 Å². The van der Waals surface area contributed by atoms with E-state index in [1.54, 1.807) is 0 Å². The van der Waals surface area contributed by atoms with Crippen LogP contribution in [0.4, 0.5) is 0 Å². The molecule has 0 spiro atoms. The molecule has 1 N–H and O–H groups in total. The van der Waals surface area contributed by atoms with Gasteiger partial charge >= 0.3 is 0 Å². The fourth-order valence-corrected chi connectivity index (χ4v) is 4.70. The summed E-state index contributed by atoms with van der Waals surface area (Å²) in [6.07, 6.45) is 3.76. The second-order valence-electron chi connectivity index (χ2n) is 7.63. The van der Waals surface area contributed by atoms with E-state index in [0.29, 0.717) is 11.8 Å². The highest BCUT2D eigenvalue weighted by molar-refractivity contribution is 14.0. The Morgan fingerprint density at radius 3 is 3.00 bits per heavy atom. The van der Waals surface area contributed by atoms with E-state index in [-0.39, 0.29) is 24.0 Å². The van der Waals surface area contributed by atoms with Crippen LogP contribution < -0.4 is 5.32 Å². The summed E-state index contributed by atoms with van der Waals surface area (Å²) in [5, 5.41) is 5.64. The maximum Gasteiger partial charge on any atom is 0.193 e. The number of likely N-dealkylation sites (tertiary alicyclic amines) is 1. The van der Waals surface area contributed by atoms with Crippen LogP contribution in [0.25, 0.3) is 0 Å². The van der Waals surface area contributed by atoms with Gasteiger partial charge < -0.3 is 15.0 Å². The molecule has 2 fully saturated rings. The molecule has 0 saturated carbocycles. The fraction of sp³-hybridized carbons (Fsp3) is 0.750. The lowest BCUT2D eigenvalue weighted by molar-refractivity contribution is 0.172. The van der Waals surface area contributed by atoms with E-state index in [9.17, 15) is 0 Å². The molecule has 27 heavy (non-hydrogen) atoms. The highest BCUT2D eigenvalue weighted by Crippen LogP contribution is 2.21. The molecule has 1 aromatic heterocycles. The Balaban J connectivity index is 0.00000261. The van der Waals surface area contributed by atoms with E-state index >= 15 is 0 Å². The van der Waals surface area contributed by atoms with Gasteiger partial charge in [-0.1, -0.05) is 6.07 Å². The molecule has 7 heteroatoms. The first-order valence-corrected chi connectivity index (χ1v) is 10.9. The molecule has 2 saturated heterocycles. The summed E-state index contributed by atoms with van der Waals surface area (Å²) in [6, 6.07) is 4.40. The number of hydrogen-bond acceptors (Lipinski definition) is 4. The number of guanidine groups is 1. The van der Waals surface area contributed by atoms with Gasteiger partial charge in [0.05, 0.1) is 6.61 Å². The molecule has 5 nitrogen and oxygen atoms in total. The molecule has 2 atom stereocenters. The lowest BCUT2D eigenvalue weighted by atomic mass is 9.98. The summed E-state index contributed by atoms with van der Waals surface area (Å²) < 4.78 is 5.52. The van der Waals surface area contributed by atoms with Crippen molar-refractivity contribution in [1.82, 2.24) is 15.1 Å². The lowest BCUT2D eigenvalue weighted by Gasteiger charge is -2.32. The van der Waals surface area contributed by atoms with Crippen LogP contribution in [0, 0.1) is 11.8 Å². The average molecular weight is 506 g/mol. The van der Waals surface area contributed by atoms with Crippen molar-refractivity contribution in [3.05, 3.63) is 22.4 Å². The second-order valence-corrected chi connectivity index (χ2v) is 8.66. The summed E-state index contributed by atoms with van der Waals surface area (Å²) >= 11 is 1.87. The molecule has 154 valence electrons. The summed E-state index contributed by atoms with van der Waals surface area (Å²) in [5.41, 5.74) is 0. The van der Waals surface area contributed by atoms with Crippen LogP contribution >= 0.6 is 35.3 Å². The van der Waals surface area contributed by atoms with Crippen LogP contribution in [0.2, 0.25) is 0 Å². The van der Waals surface area contributed by atoms with Gasteiger partial charge in [0.2, 0.25) is 0 Å². The third kappa shape index (κ3) is 7.51. The Kier molecular flexibility index (Phi) is 10.4. The van der Waals surface area contributed by atoms with Gasteiger partial charge in [0.15, 0.2) is 5.96 Å². The number of halogens is 1. The minimum atomic E-state index is 0. The number of piperidine rings is 1. The van der Waals surface area contributed by atoms with Gasteiger partial charge in [-0.15, -0.1) is 35.3 Å². The van der Waals surface area contributed by atoms with E-state index < -0.39 is 0 Å². The van der Waals surface area contributed by atoms with Gasteiger partial charge in [0, 0.05) is 57.2 Å². The zero-order chi connectivity index (χ0) is 18.2. The first-order valence-electron chi connectivity index (χ1n) is 10.1. The number of ether oxygens (including phenoxy) is 1. The van der Waals surface area contributed by atoms with Crippen LogP contribution in [0.5, 0.6) is 0 Å². The van der Waals surface area contributed by atoms with Gasteiger partial charge in [0.1, 0.15) is 0 Å². The third-order valence-corrected chi connectivity index (χ3v) is 6.18.